The van der Waals surface area contributed by atoms with Gasteiger partial charge in [-0.25, -0.2) is 4.39 Å². The van der Waals surface area contributed by atoms with Crippen LogP contribution >= 0.6 is 11.3 Å². The van der Waals surface area contributed by atoms with Gasteiger partial charge >= 0.3 is 0 Å². The summed E-state index contributed by atoms with van der Waals surface area (Å²) in [6, 6.07) is 14.0. The number of aromatic nitrogens is 4. The number of ether oxygens (including phenoxy) is 1. The van der Waals surface area contributed by atoms with E-state index in [0.29, 0.717) is 23.0 Å². The molecule has 7 heteroatoms. The molecule has 4 aromatic rings. The quantitative estimate of drug-likeness (QED) is 0.562. The minimum absolute atomic E-state index is 0.314. The number of rotatable bonds is 4. The molecular formula is C17H13FN4OS. The summed E-state index contributed by atoms with van der Waals surface area (Å²) in [4.78, 5) is 0.665. The van der Waals surface area contributed by atoms with Gasteiger partial charge in [0.15, 0.2) is 5.82 Å². The fraction of sp³-hybridized carbons (Fsp3) is 0.118. The van der Waals surface area contributed by atoms with Crippen LogP contribution in [0, 0.1) is 5.82 Å². The third kappa shape index (κ3) is 2.63. The number of fused-ring (bicyclic) bond motifs is 1. The van der Waals surface area contributed by atoms with Gasteiger partial charge in [0.05, 0.1) is 6.61 Å². The lowest BCUT2D eigenvalue weighted by Gasteiger charge is -2.02. The lowest BCUT2D eigenvalue weighted by molar-refractivity contribution is 0.340. The first-order chi connectivity index (χ1) is 11.7. The van der Waals surface area contributed by atoms with E-state index < -0.39 is 0 Å². The molecule has 0 radical (unpaired) electrons. The minimum atomic E-state index is -0.314. The van der Waals surface area contributed by atoms with Crippen molar-refractivity contribution in [2.24, 2.45) is 0 Å². The molecule has 0 saturated carbocycles. The highest BCUT2D eigenvalue weighted by atomic mass is 32.1. The van der Waals surface area contributed by atoms with Crippen LogP contribution in [0.4, 0.5) is 4.39 Å². The van der Waals surface area contributed by atoms with Crippen molar-refractivity contribution in [2.75, 3.05) is 6.61 Å². The molecule has 5 nitrogen and oxygen atoms in total. The van der Waals surface area contributed by atoms with Gasteiger partial charge in [0.25, 0.3) is 0 Å². The zero-order valence-electron chi connectivity index (χ0n) is 12.8. The predicted molar refractivity (Wildman–Crippen MR) is 90.7 cm³/mol. The first-order valence-electron chi connectivity index (χ1n) is 7.46. The molecule has 0 spiro atoms. The zero-order valence-corrected chi connectivity index (χ0v) is 13.6. The third-order valence-corrected chi connectivity index (χ3v) is 4.43. The Morgan fingerprint density at radius 2 is 1.92 bits per heavy atom. The van der Waals surface area contributed by atoms with Crippen LogP contribution in [0.3, 0.4) is 0 Å². The third-order valence-electron chi connectivity index (χ3n) is 3.49. The molecule has 2 aromatic heterocycles. The summed E-state index contributed by atoms with van der Waals surface area (Å²) in [5, 5.41) is 13.6. The summed E-state index contributed by atoms with van der Waals surface area (Å²) in [5.41, 5.74) is 1.62. The summed E-state index contributed by atoms with van der Waals surface area (Å²) in [6.45, 7) is 2.58. The molecule has 4 rings (SSSR count). The van der Waals surface area contributed by atoms with Gasteiger partial charge in [-0.15, -0.1) is 10.2 Å². The molecular weight excluding hydrogens is 327 g/mol. The number of halogens is 1. The molecule has 0 atom stereocenters. The molecule has 0 bridgehead atoms. The highest BCUT2D eigenvalue weighted by molar-refractivity contribution is 7.19. The van der Waals surface area contributed by atoms with E-state index in [9.17, 15) is 4.39 Å². The van der Waals surface area contributed by atoms with Gasteiger partial charge < -0.3 is 4.74 Å². The van der Waals surface area contributed by atoms with Crippen molar-refractivity contribution < 1.29 is 9.13 Å². The monoisotopic (exact) mass is 340 g/mol. The van der Waals surface area contributed by atoms with Crippen molar-refractivity contribution in [3.63, 3.8) is 0 Å². The average Bonchev–Trinajstić information content (AvgIpc) is 3.16. The average molecular weight is 340 g/mol. The molecule has 0 N–H and O–H groups in total. The molecule has 0 aliphatic rings. The zero-order chi connectivity index (χ0) is 16.5. The van der Waals surface area contributed by atoms with Gasteiger partial charge in [-0.2, -0.15) is 9.61 Å². The number of nitrogens with zero attached hydrogens (tertiary/aromatic N) is 4. The molecule has 0 saturated heterocycles. The highest BCUT2D eigenvalue weighted by Crippen LogP contribution is 2.29. The Morgan fingerprint density at radius 1 is 1.08 bits per heavy atom. The molecule has 2 aromatic carbocycles. The Morgan fingerprint density at radius 3 is 2.67 bits per heavy atom. The molecule has 0 fully saturated rings. The van der Waals surface area contributed by atoms with E-state index in [2.05, 4.69) is 15.3 Å². The van der Waals surface area contributed by atoms with E-state index in [-0.39, 0.29) is 5.82 Å². The maximum atomic E-state index is 13.4. The molecule has 120 valence electrons. The summed E-state index contributed by atoms with van der Waals surface area (Å²) in [7, 11) is 0. The van der Waals surface area contributed by atoms with Crippen LogP contribution in [0.2, 0.25) is 0 Å². The second kappa shape index (κ2) is 6.01. The predicted octanol–water partition coefficient (Wildman–Crippen LogP) is 4.06. The van der Waals surface area contributed by atoms with Crippen LogP contribution in [0.25, 0.3) is 26.9 Å². The maximum Gasteiger partial charge on any atom is 0.235 e. The van der Waals surface area contributed by atoms with Crippen molar-refractivity contribution >= 4 is 16.3 Å². The molecule has 2 heterocycles. The van der Waals surface area contributed by atoms with Gasteiger partial charge in [-0.05, 0) is 43.3 Å². The lowest BCUT2D eigenvalue weighted by atomic mass is 10.2. The van der Waals surface area contributed by atoms with E-state index >= 15 is 0 Å². The van der Waals surface area contributed by atoms with Crippen LogP contribution in [-0.4, -0.2) is 26.4 Å². The summed E-state index contributed by atoms with van der Waals surface area (Å²) >= 11 is 1.43. The van der Waals surface area contributed by atoms with Gasteiger partial charge in [0.1, 0.15) is 16.6 Å². The summed E-state index contributed by atoms with van der Waals surface area (Å²) < 4.78 is 20.5. The van der Waals surface area contributed by atoms with Crippen LogP contribution in [0.5, 0.6) is 5.75 Å². The van der Waals surface area contributed by atoms with Crippen molar-refractivity contribution in [3.8, 4) is 27.7 Å². The van der Waals surface area contributed by atoms with Crippen molar-refractivity contribution in [2.45, 2.75) is 6.92 Å². The van der Waals surface area contributed by atoms with E-state index in [1.807, 2.05) is 31.2 Å². The van der Waals surface area contributed by atoms with Crippen LogP contribution < -0.4 is 4.74 Å². The summed E-state index contributed by atoms with van der Waals surface area (Å²) in [5.74, 6) is 1.04. The Kier molecular flexibility index (Phi) is 3.70. The van der Waals surface area contributed by atoms with Gasteiger partial charge in [0.2, 0.25) is 4.96 Å². The first-order valence-corrected chi connectivity index (χ1v) is 8.27. The van der Waals surface area contributed by atoms with Crippen LogP contribution in [0.15, 0.2) is 48.5 Å². The van der Waals surface area contributed by atoms with Crippen LogP contribution in [0.1, 0.15) is 6.92 Å². The number of hydrogen-bond acceptors (Lipinski definition) is 5. The van der Waals surface area contributed by atoms with Gasteiger partial charge in [-0.3, -0.25) is 0 Å². The second-order valence-corrected chi connectivity index (χ2v) is 6.05. The fourth-order valence-electron chi connectivity index (χ4n) is 2.40. The van der Waals surface area contributed by atoms with E-state index in [0.717, 1.165) is 16.3 Å². The summed E-state index contributed by atoms with van der Waals surface area (Å²) in [6.07, 6.45) is 0. The molecule has 24 heavy (non-hydrogen) atoms. The van der Waals surface area contributed by atoms with E-state index in [1.165, 1.54) is 23.5 Å². The van der Waals surface area contributed by atoms with E-state index in [4.69, 9.17) is 4.74 Å². The highest BCUT2D eigenvalue weighted by Gasteiger charge is 2.14. The fourth-order valence-corrected chi connectivity index (χ4v) is 3.25. The Hall–Kier alpha value is -2.80. The normalized spacial score (nSPS) is 11.1. The maximum absolute atomic E-state index is 13.4. The molecule has 0 unspecified atom stereocenters. The standard InChI is InChI=1S/C17H13FN4OS/c1-2-23-14-8-6-11(7-9-14)16-21-22-15(19-20-17(22)24-16)12-4-3-5-13(18)10-12/h3-10H,2H2,1H3. The number of hydrogen-bond donors (Lipinski definition) is 0. The Balaban J connectivity index is 1.74. The lowest BCUT2D eigenvalue weighted by Crippen LogP contribution is -1.92. The van der Waals surface area contributed by atoms with Crippen molar-refractivity contribution in [1.29, 1.82) is 0 Å². The second-order valence-electron chi connectivity index (χ2n) is 5.09. The van der Waals surface area contributed by atoms with Crippen molar-refractivity contribution in [1.82, 2.24) is 19.8 Å². The van der Waals surface area contributed by atoms with Crippen LogP contribution in [-0.2, 0) is 0 Å². The topological polar surface area (TPSA) is 52.3 Å². The number of benzene rings is 2. The largest absolute Gasteiger partial charge is 0.494 e. The molecule has 0 aliphatic carbocycles. The Labute approximate surface area is 141 Å². The Bertz CT molecular complexity index is 993. The van der Waals surface area contributed by atoms with Gasteiger partial charge in [-0.1, -0.05) is 23.5 Å². The molecule has 0 amide bonds. The van der Waals surface area contributed by atoms with Crippen molar-refractivity contribution in [3.05, 3.63) is 54.3 Å². The SMILES string of the molecule is CCOc1ccc(-c2nn3c(-c4cccc(F)c4)nnc3s2)cc1. The minimum Gasteiger partial charge on any atom is -0.494 e. The van der Waals surface area contributed by atoms with E-state index in [1.54, 1.807) is 16.6 Å². The first kappa shape index (κ1) is 14.8. The van der Waals surface area contributed by atoms with Gasteiger partial charge in [0, 0.05) is 11.1 Å². The smallest absolute Gasteiger partial charge is 0.235 e. The molecule has 0 aliphatic heterocycles.